The number of Topliss-reactive ketones (excluding diaryl/α,β-unsaturated/α-hetero) is 2. The van der Waals surface area contributed by atoms with E-state index in [9.17, 15) is 9.59 Å². The van der Waals surface area contributed by atoms with Crippen LogP contribution in [0.4, 0.5) is 0 Å². The number of aryl methyl sites for hydroxylation is 2. The van der Waals surface area contributed by atoms with Crippen LogP contribution in [0.1, 0.15) is 41.8 Å². The van der Waals surface area contributed by atoms with Gasteiger partial charge in [0.05, 0.1) is 6.61 Å². The van der Waals surface area contributed by atoms with Crippen LogP contribution in [0, 0.1) is 13.8 Å². The van der Waals surface area contributed by atoms with Gasteiger partial charge in [-0.15, -0.1) is 0 Å². The van der Waals surface area contributed by atoms with Crippen LogP contribution in [0.25, 0.3) is 0 Å². The van der Waals surface area contributed by atoms with Gasteiger partial charge in [0.1, 0.15) is 5.75 Å². The first-order chi connectivity index (χ1) is 8.01. The lowest BCUT2D eigenvalue weighted by atomic mass is 9.98. The fourth-order valence-corrected chi connectivity index (χ4v) is 1.66. The van der Waals surface area contributed by atoms with E-state index in [1.54, 1.807) is 13.0 Å². The Morgan fingerprint density at radius 1 is 1.12 bits per heavy atom. The molecule has 0 radical (unpaired) electrons. The van der Waals surface area contributed by atoms with Gasteiger partial charge in [-0.3, -0.25) is 9.59 Å². The normalized spacial score (nSPS) is 10.1. The molecule has 0 saturated carbocycles. The molecular formula is C14H18O3. The topological polar surface area (TPSA) is 43.4 Å². The highest BCUT2D eigenvalue weighted by Crippen LogP contribution is 2.23. The van der Waals surface area contributed by atoms with Crippen LogP contribution >= 0.6 is 0 Å². The predicted molar refractivity (Wildman–Crippen MR) is 66.7 cm³/mol. The van der Waals surface area contributed by atoms with Crippen molar-refractivity contribution in [2.45, 2.75) is 34.1 Å². The van der Waals surface area contributed by atoms with Crippen molar-refractivity contribution >= 4 is 11.6 Å². The van der Waals surface area contributed by atoms with Crippen LogP contribution in [0.15, 0.2) is 12.1 Å². The van der Waals surface area contributed by atoms with E-state index in [4.69, 9.17) is 4.74 Å². The van der Waals surface area contributed by atoms with Crippen molar-refractivity contribution in [2.75, 3.05) is 6.61 Å². The molecule has 3 heteroatoms. The van der Waals surface area contributed by atoms with Crippen LogP contribution in [0.3, 0.4) is 0 Å². The molecule has 0 bridgehead atoms. The monoisotopic (exact) mass is 234 g/mol. The Bertz CT molecular complexity index is 447. The molecule has 0 fully saturated rings. The van der Waals surface area contributed by atoms with Gasteiger partial charge in [0.2, 0.25) is 11.6 Å². The SMILES string of the molecule is CCOc1cc(C)c(C(=O)C(=O)CC)cc1C. The predicted octanol–water partition coefficient (Wildman–Crippen LogP) is 2.86. The number of benzene rings is 1. The third kappa shape index (κ3) is 2.93. The molecule has 1 aromatic carbocycles. The zero-order chi connectivity index (χ0) is 13.0. The van der Waals surface area contributed by atoms with Crippen molar-refractivity contribution < 1.29 is 14.3 Å². The Labute approximate surface area is 102 Å². The summed E-state index contributed by atoms with van der Waals surface area (Å²) in [6.07, 6.45) is 0.241. The summed E-state index contributed by atoms with van der Waals surface area (Å²) in [5, 5.41) is 0. The van der Waals surface area contributed by atoms with Crippen LogP contribution in [-0.4, -0.2) is 18.2 Å². The van der Waals surface area contributed by atoms with E-state index in [2.05, 4.69) is 0 Å². The van der Waals surface area contributed by atoms with Crippen LogP contribution in [-0.2, 0) is 4.79 Å². The first-order valence-electron chi connectivity index (χ1n) is 5.82. The number of rotatable bonds is 5. The van der Waals surface area contributed by atoms with Gasteiger partial charge in [-0.1, -0.05) is 6.92 Å². The highest BCUT2D eigenvalue weighted by molar-refractivity contribution is 6.44. The lowest BCUT2D eigenvalue weighted by Gasteiger charge is -2.11. The van der Waals surface area contributed by atoms with E-state index in [0.29, 0.717) is 12.2 Å². The van der Waals surface area contributed by atoms with E-state index in [-0.39, 0.29) is 12.2 Å². The molecule has 3 nitrogen and oxygen atoms in total. The summed E-state index contributed by atoms with van der Waals surface area (Å²) in [5.74, 6) is 0.0123. The van der Waals surface area contributed by atoms with Gasteiger partial charge in [-0.25, -0.2) is 0 Å². The molecule has 0 heterocycles. The molecule has 0 N–H and O–H groups in total. The standard InChI is InChI=1S/C14H18O3/c1-5-12(15)14(16)11-7-10(4)13(17-6-2)8-9(11)3/h7-8H,5-6H2,1-4H3. The first-order valence-corrected chi connectivity index (χ1v) is 5.82. The Hall–Kier alpha value is -1.64. The maximum atomic E-state index is 11.8. The van der Waals surface area contributed by atoms with Crippen molar-refractivity contribution in [3.63, 3.8) is 0 Å². The number of ketones is 2. The van der Waals surface area contributed by atoms with Crippen molar-refractivity contribution in [2.24, 2.45) is 0 Å². The smallest absolute Gasteiger partial charge is 0.228 e. The van der Waals surface area contributed by atoms with Gasteiger partial charge in [0, 0.05) is 12.0 Å². The second-order valence-electron chi connectivity index (χ2n) is 3.97. The second kappa shape index (κ2) is 5.62. The van der Waals surface area contributed by atoms with Crippen molar-refractivity contribution in [1.29, 1.82) is 0 Å². The molecule has 0 spiro atoms. The summed E-state index contributed by atoms with van der Waals surface area (Å²) >= 11 is 0. The second-order valence-corrected chi connectivity index (χ2v) is 3.97. The van der Waals surface area contributed by atoms with E-state index >= 15 is 0 Å². The third-order valence-electron chi connectivity index (χ3n) is 2.64. The molecule has 0 aliphatic heterocycles. The molecule has 1 aromatic rings. The number of hydrogen-bond acceptors (Lipinski definition) is 3. The number of carbonyl (C=O) groups excluding carboxylic acids is 2. The van der Waals surface area contributed by atoms with E-state index in [0.717, 1.165) is 16.9 Å². The maximum absolute atomic E-state index is 11.8. The average molecular weight is 234 g/mol. The van der Waals surface area contributed by atoms with Crippen LogP contribution in [0.5, 0.6) is 5.75 Å². The van der Waals surface area contributed by atoms with Gasteiger partial charge in [0.25, 0.3) is 0 Å². The average Bonchev–Trinajstić information content (AvgIpc) is 2.31. The molecule has 1 rings (SSSR count). The van der Waals surface area contributed by atoms with Gasteiger partial charge in [-0.05, 0) is 44.0 Å². The molecule has 0 atom stereocenters. The minimum atomic E-state index is -0.406. The van der Waals surface area contributed by atoms with Crippen LogP contribution in [0.2, 0.25) is 0 Å². The summed E-state index contributed by atoms with van der Waals surface area (Å²) in [4.78, 5) is 23.2. The lowest BCUT2D eigenvalue weighted by molar-refractivity contribution is -0.114. The van der Waals surface area contributed by atoms with Crippen molar-refractivity contribution in [1.82, 2.24) is 0 Å². The zero-order valence-electron chi connectivity index (χ0n) is 10.8. The quantitative estimate of drug-likeness (QED) is 0.581. The molecule has 0 aromatic heterocycles. The Morgan fingerprint density at radius 3 is 2.29 bits per heavy atom. The summed E-state index contributed by atoms with van der Waals surface area (Å²) in [7, 11) is 0. The maximum Gasteiger partial charge on any atom is 0.228 e. The fraction of sp³-hybridized carbons (Fsp3) is 0.429. The first kappa shape index (κ1) is 13.4. The van der Waals surface area contributed by atoms with Gasteiger partial charge >= 0.3 is 0 Å². The Morgan fingerprint density at radius 2 is 1.76 bits per heavy atom. The van der Waals surface area contributed by atoms with Crippen molar-refractivity contribution in [3.8, 4) is 5.75 Å². The number of hydrogen-bond donors (Lipinski definition) is 0. The van der Waals surface area contributed by atoms with Gasteiger partial charge in [0.15, 0.2) is 0 Å². The van der Waals surface area contributed by atoms with E-state index in [1.807, 2.05) is 26.8 Å². The molecule has 92 valence electrons. The number of carbonyl (C=O) groups is 2. The summed E-state index contributed by atoms with van der Waals surface area (Å²) < 4.78 is 5.44. The zero-order valence-corrected chi connectivity index (χ0v) is 10.8. The molecule has 0 amide bonds. The summed E-state index contributed by atoms with van der Waals surface area (Å²) in [6, 6.07) is 3.55. The van der Waals surface area contributed by atoms with Crippen LogP contribution < -0.4 is 4.74 Å². The third-order valence-corrected chi connectivity index (χ3v) is 2.64. The Kier molecular flexibility index (Phi) is 4.44. The molecule has 0 unspecified atom stereocenters. The molecule has 0 saturated heterocycles. The molecule has 0 aliphatic rings. The minimum Gasteiger partial charge on any atom is -0.494 e. The fourth-order valence-electron chi connectivity index (χ4n) is 1.66. The van der Waals surface area contributed by atoms with Gasteiger partial charge < -0.3 is 4.74 Å². The lowest BCUT2D eigenvalue weighted by Crippen LogP contribution is -2.14. The van der Waals surface area contributed by atoms with E-state index < -0.39 is 5.78 Å². The number of ether oxygens (including phenoxy) is 1. The molecule has 17 heavy (non-hydrogen) atoms. The highest BCUT2D eigenvalue weighted by Gasteiger charge is 2.17. The highest BCUT2D eigenvalue weighted by atomic mass is 16.5. The molecule has 0 aliphatic carbocycles. The molecular weight excluding hydrogens is 216 g/mol. The van der Waals surface area contributed by atoms with E-state index in [1.165, 1.54) is 0 Å². The summed E-state index contributed by atoms with van der Waals surface area (Å²) in [6.45, 7) is 7.88. The van der Waals surface area contributed by atoms with Gasteiger partial charge in [-0.2, -0.15) is 0 Å². The largest absolute Gasteiger partial charge is 0.494 e. The minimum absolute atomic E-state index is 0.241. The summed E-state index contributed by atoms with van der Waals surface area (Å²) in [5.41, 5.74) is 2.15. The van der Waals surface area contributed by atoms with Crippen molar-refractivity contribution in [3.05, 3.63) is 28.8 Å². The Balaban J connectivity index is 3.15.